The van der Waals surface area contributed by atoms with Gasteiger partial charge in [0.05, 0.1) is 12.3 Å². The topological polar surface area (TPSA) is 25.2 Å². The summed E-state index contributed by atoms with van der Waals surface area (Å²) in [5.41, 5.74) is 1.40. The molecule has 0 spiro atoms. The molecule has 0 bridgehead atoms. The molecule has 2 nitrogen and oxygen atoms in total. The number of nitrogens with one attached hydrogen (secondary N) is 1. The minimum Gasteiger partial charge on any atom is -0.467 e. The molecule has 1 unspecified atom stereocenters. The average Bonchev–Trinajstić information content (AvgIpc) is 2.50. The molecule has 1 atom stereocenters. The highest BCUT2D eigenvalue weighted by Crippen LogP contribution is 2.22. The molecule has 0 aliphatic heterocycles. The van der Waals surface area contributed by atoms with Crippen LogP contribution in [0.1, 0.15) is 57.9 Å². The van der Waals surface area contributed by atoms with Crippen LogP contribution < -0.4 is 5.32 Å². The first-order valence-corrected chi connectivity index (χ1v) is 5.78. The number of furan rings is 1. The molecule has 1 aromatic heterocycles. The third-order valence-electron chi connectivity index (χ3n) is 2.78. The van der Waals surface area contributed by atoms with Crippen molar-refractivity contribution >= 4 is 0 Å². The molecule has 2 heteroatoms. The molecule has 1 heterocycles. The zero-order valence-electron chi connectivity index (χ0n) is 10.6. The molecule has 1 aromatic rings. The number of aryl methyl sites for hydroxylation is 1. The van der Waals surface area contributed by atoms with Crippen LogP contribution in [0.5, 0.6) is 0 Å². The second kappa shape index (κ2) is 4.84. The van der Waals surface area contributed by atoms with E-state index in [9.17, 15) is 0 Å². The van der Waals surface area contributed by atoms with E-state index in [4.69, 9.17) is 4.42 Å². The summed E-state index contributed by atoms with van der Waals surface area (Å²) in [6.07, 6.45) is 4.14. The Kier molecular flexibility index (Phi) is 3.97. The summed E-state index contributed by atoms with van der Waals surface area (Å²) in [7, 11) is 0. The highest BCUT2D eigenvalue weighted by Gasteiger charge is 2.21. The summed E-state index contributed by atoms with van der Waals surface area (Å²) < 4.78 is 5.49. The third-order valence-corrected chi connectivity index (χ3v) is 2.78. The summed E-state index contributed by atoms with van der Waals surface area (Å²) in [5.74, 6) is 1.05. The van der Waals surface area contributed by atoms with Gasteiger partial charge >= 0.3 is 0 Å². The van der Waals surface area contributed by atoms with Crippen LogP contribution in [0.25, 0.3) is 0 Å². The lowest BCUT2D eigenvalue weighted by molar-refractivity contribution is 0.298. The molecular formula is C13H23NO. The summed E-state index contributed by atoms with van der Waals surface area (Å²) >= 11 is 0. The highest BCUT2D eigenvalue weighted by molar-refractivity contribution is 5.17. The zero-order chi connectivity index (χ0) is 11.5. The van der Waals surface area contributed by atoms with Gasteiger partial charge in [0.1, 0.15) is 5.76 Å². The van der Waals surface area contributed by atoms with Crippen LogP contribution in [0, 0.1) is 6.92 Å². The second-order valence-corrected chi connectivity index (χ2v) is 4.97. The van der Waals surface area contributed by atoms with Crippen molar-refractivity contribution in [2.75, 3.05) is 0 Å². The van der Waals surface area contributed by atoms with Crippen LogP contribution in [0.4, 0.5) is 0 Å². The van der Waals surface area contributed by atoms with Gasteiger partial charge in [0, 0.05) is 5.54 Å². The van der Waals surface area contributed by atoms with Gasteiger partial charge in [-0.3, -0.25) is 0 Å². The lowest BCUT2D eigenvalue weighted by Crippen LogP contribution is -2.40. The lowest BCUT2D eigenvalue weighted by atomic mass is 9.97. The van der Waals surface area contributed by atoms with Gasteiger partial charge in [-0.05, 0) is 45.7 Å². The molecule has 0 amide bonds. The van der Waals surface area contributed by atoms with Crippen LogP contribution >= 0.6 is 0 Å². The van der Waals surface area contributed by atoms with E-state index in [1.165, 1.54) is 18.4 Å². The van der Waals surface area contributed by atoms with Crippen molar-refractivity contribution in [3.05, 3.63) is 23.7 Å². The molecule has 0 aliphatic rings. The Morgan fingerprint density at radius 3 is 2.60 bits per heavy atom. The highest BCUT2D eigenvalue weighted by atomic mass is 16.3. The van der Waals surface area contributed by atoms with Gasteiger partial charge in [0.2, 0.25) is 0 Å². The first-order valence-electron chi connectivity index (χ1n) is 5.78. The van der Waals surface area contributed by atoms with Crippen LogP contribution in [0.3, 0.4) is 0 Å². The normalized spacial score (nSPS) is 14.2. The number of hydrogen-bond donors (Lipinski definition) is 1. The van der Waals surface area contributed by atoms with Gasteiger partial charge in [-0.15, -0.1) is 0 Å². The fraction of sp³-hybridized carbons (Fsp3) is 0.692. The Labute approximate surface area is 93.1 Å². The van der Waals surface area contributed by atoms with E-state index < -0.39 is 0 Å². The van der Waals surface area contributed by atoms with Crippen molar-refractivity contribution in [2.45, 2.75) is 59.0 Å². The molecule has 0 aliphatic carbocycles. The van der Waals surface area contributed by atoms with Gasteiger partial charge in [0.25, 0.3) is 0 Å². The van der Waals surface area contributed by atoms with Crippen LogP contribution in [-0.4, -0.2) is 5.54 Å². The molecule has 0 saturated carbocycles. The fourth-order valence-corrected chi connectivity index (χ4v) is 2.18. The van der Waals surface area contributed by atoms with Crippen molar-refractivity contribution in [1.82, 2.24) is 5.32 Å². The first-order chi connectivity index (χ1) is 6.96. The van der Waals surface area contributed by atoms with E-state index in [-0.39, 0.29) is 11.6 Å². The maximum absolute atomic E-state index is 5.49. The molecule has 1 rings (SSSR count). The van der Waals surface area contributed by atoms with Crippen molar-refractivity contribution in [1.29, 1.82) is 0 Å². The second-order valence-electron chi connectivity index (χ2n) is 4.97. The number of hydrogen-bond acceptors (Lipinski definition) is 2. The lowest BCUT2D eigenvalue weighted by Gasteiger charge is -2.29. The van der Waals surface area contributed by atoms with Crippen molar-refractivity contribution in [2.24, 2.45) is 0 Å². The predicted octanol–water partition coefficient (Wildman–Crippen LogP) is 3.82. The predicted molar refractivity (Wildman–Crippen MR) is 64.0 cm³/mol. The quantitative estimate of drug-likeness (QED) is 0.797. The summed E-state index contributed by atoms with van der Waals surface area (Å²) in [6.45, 7) is 10.9. The molecular weight excluding hydrogens is 186 g/mol. The molecule has 86 valence electrons. The number of rotatable bonds is 5. The van der Waals surface area contributed by atoms with Crippen LogP contribution in [0.15, 0.2) is 16.7 Å². The zero-order valence-corrected chi connectivity index (χ0v) is 10.6. The fourth-order valence-electron chi connectivity index (χ4n) is 2.18. The Bertz CT molecular complexity index is 301. The van der Waals surface area contributed by atoms with Crippen molar-refractivity contribution < 1.29 is 4.42 Å². The van der Waals surface area contributed by atoms with Gasteiger partial charge in [0.15, 0.2) is 0 Å². The monoisotopic (exact) mass is 209 g/mol. The van der Waals surface area contributed by atoms with E-state index in [1.807, 2.05) is 6.07 Å². The Hall–Kier alpha value is -0.760. The smallest absolute Gasteiger partial charge is 0.123 e. The summed E-state index contributed by atoms with van der Waals surface area (Å²) in [4.78, 5) is 0. The maximum atomic E-state index is 5.49. The van der Waals surface area contributed by atoms with Crippen molar-refractivity contribution in [3.8, 4) is 0 Å². The molecule has 0 fully saturated rings. The molecule has 1 N–H and O–H groups in total. The minimum atomic E-state index is 0.174. The Balaban J connectivity index is 2.63. The average molecular weight is 209 g/mol. The maximum Gasteiger partial charge on any atom is 0.123 e. The SMILES string of the molecule is CCCC(C)(C)NC(C)c1occc1C. The van der Waals surface area contributed by atoms with Gasteiger partial charge in [-0.2, -0.15) is 0 Å². The first kappa shape index (κ1) is 12.3. The standard InChI is InChI=1S/C13H23NO/c1-6-8-13(4,5)14-11(3)12-10(2)7-9-15-12/h7,9,11,14H,6,8H2,1-5H3. The Morgan fingerprint density at radius 1 is 1.47 bits per heavy atom. The molecule has 0 aromatic carbocycles. The minimum absolute atomic E-state index is 0.174. The largest absolute Gasteiger partial charge is 0.467 e. The van der Waals surface area contributed by atoms with Gasteiger partial charge < -0.3 is 9.73 Å². The molecule has 0 saturated heterocycles. The summed E-state index contributed by atoms with van der Waals surface area (Å²) in [5, 5.41) is 3.61. The van der Waals surface area contributed by atoms with Crippen molar-refractivity contribution in [3.63, 3.8) is 0 Å². The Morgan fingerprint density at radius 2 is 2.13 bits per heavy atom. The van der Waals surface area contributed by atoms with Crippen LogP contribution in [0.2, 0.25) is 0 Å². The van der Waals surface area contributed by atoms with Gasteiger partial charge in [-0.25, -0.2) is 0 Å². The van der Waals surface area contributed by atoms with E-state index in [2.05, 4.69) is 39.9 Å². The van der Waals surface area contributed by atoms with E-state index in [1.54, 1.807) is 6.26 Å². The van der Waals surface area contributed by atoms with Gasteiger partial charge in [-0.1, -0.05) is 13.3 Å². The molecule has 15 heavy (non-hydrogen) atoms. The third kappa shape index (κ3) is 3.38. The van der Waals surface area contributed by atoms with E-state index in [0.717, 1.165) is 5.76 Å². The molecule has 0 radical (unpaired) electrons. The van der Waals surface area contributed by atoms with Crippen LogP contribution in [-0.2, 0) is 0 Å². The van der Waals surface area contributed by atoms with E-state index >= 15 is 0 Å². The van der Waals surface area contributed by atoms with E-state index in [0.29, 0.717) is 0 Å². The summed E-state index contributed by atoms with van der Waals surface area (Å²) in [6, 6.07) is 2.29.